The molecule has 0 spiro atoms. The summed E-state index contributed by atoms with van der Waals surface area (Å²) in [5.74, 6) is -0.185. The standard InChI is InChI=1S/C21H35N5O3/c1-3-4-5-6-9-26(21(28)19-17-23-18(2)16-24-19)10-7-20(27)22-8-11-25-12-14-29-15-13-25/h16-17H,3-15H2,1-2H3,(H,22,27). The Kier molecular flexibility index (Phi) is 10.6. The van der Waals surface area contributed by atoms with Gasteiger partial charge in [0, 0.05) is 51.9 Å². The molecule has 0 radical (unpaired) electrons. The molecule has 2 heterocycles. The molecule has 1 aliphatic heterocycles. The maximum Gasteiger partial charge on any atom is 0.274 e. The number of morpholine rings is 1. The minimum absolute atomic E-state index is 0.0281. The van der Waals surface area contributed by atoms with Crippen LogP contribution in [0.15, 0.2) is 12.4 Å². The first-order valence-electron chi connectivity index (χ1n) is 10.7. The van der Waals surface area contributed by atoms with Gasteiger partial charge in [0.2, 0.25) is 5.91 Å². The van der Waals surface area contributed by atoms with Gasteiger partial charge in [-0.3, -0.25) is 19.5 Å². The lowest BCUT2D eigenvalue weighted by Crippen LogP contribution is -2.42. The van der Waals surface area contributed by atoms with Crippen LogP contribution < -0.4 is 5.32 Å². The van der Waals surface area contributed by atoms with Gasteiger partial charge in [0.05, 0.1) is 25.1 Å². The third-order valence-corrected chi connectivity index (χ3v) is 5.03. The van der Waals surface area contributed by atoms with E-state index in [1.807, 2.05) is 6.92 Å². The van der Waals surface area contributed by atoms with Gasteiger partial charge >= 0.3 is 0 Å². The second kappa shape index (κ2) is 13.2. The van der Waals surface area contributed by atoms with E-state index in [2.05, 4.69) is 27.1 Å². The number of nitrogens with one attached hydrogen (secondary N) is 1. The molecular weight excluding hydrogens is 370 g/mol. The number of aromatic nitrogens is 2. The van der Waals surface area contributed by atoms with Crippen LogP contribution in [0.1, 0.15) is 55.2 Å². The topological polar surface area (TPSA) is 87.7 Å². The van der Waals surface area contributed by atoms with E-state index in [4.69, 9.17) is 4.74 Å². The number of amides is 2. The Bertz CT molecular complexity index is 617. The van der Waals surface area contributed by atoms with Gasteiger partial charge in [-0.1, -0.05) is 26.2 Å². The number of hydrogen-bond acceptors (Lipinski definition) is 6. The summed E-state index contributed by atoms with van der Waals surface area (Å²) in [5, 5.41) is 2.96. The van der Waals surface area contributed by atoms with Crippen molar-refractivity contribution in [2.75, 3.05) is 52.5 Å². The zero-order valence-corrected chi connectivity index (χ0v) is 17.9. The first kappa shape index (κ1) is 23.2. The molecule has 1 aromatic heterocycles. The Balaban J connectivity index is 1.79. The van der Waals surface area contributed by atoms with Crippen molar-refractivity contribution >= 4 is 11.8 Å². The van der Waals surface area contributed by atoms with Crippen molar-refractivity contribution in [3.8, 4) is 0 Å². The van der Waals surface area contributed by atoms with Crippen molar-refractivity contribution in [3.63, 3.8) is 0 Å². The van der Waals surface area contributed by atoms with Crippen LogP contribution in [0.4, 0.5) is 0 Å². The second-order valence-corrected chi connectivity index (χ2v) is 7.45. The third kappa shape index (κ3) is 8.87. The molecule has 0 bridgehead atoms. The van der Waals surface area contributed by atoms with Crippen LogP contribution in [-0.2, 0) is 9.53 Å². The number of unbranched alkanes of at least 4 members (excludes halogenated alkanes) is 3. The normalized spacial score (nSPS) is 14.6. The minimum atomic E-state index is -0.157. The van der Waals surface area contributed by atoms with Crippen LogP contribution in [0.5, 0.6) is 0 Å². The molecule has 0 saturated carbocycles. The monoisotopic (exact) mass is 405 g/mol. The van der Waals surface area contributed by atoms with E-state index in [1.54, 1.807) is 11.1 Å². The lowest BCUT2D eigenvalue weighted by Gasteiger charge is -2.26. The van der Waals surface area contributed by atoms with Crippen LogP contribution in [0.2, 0.25) is 0 Å². The SMILES string of the molecule is CCCCCCN(CCC(=O)NCCN1CCOCC1)C(=O)c1cnc(C)cn1. The maximum absolute atomic E-state index is 12.8. The van der Waals surface area contributed by atoms with Gasteiger partial charge in [0.15, 0.2) is 0 Å². The Hall–Kier alpha value is -2.06. The van der Waals surface area contributed by atoms with Crippen LogP contribution in [0, 0.1) is 6.92 Å². The zero-order chi connectivity index (χ0) is 20.9. The number of aryl methyl sites for hydroxylation is 1. The summed E-state index contributed by atoms with van der Waals surface area (Å²) >= 11 is 0. The van der Waals surface area contributed by atoms with Crippen molar-refractivity contribution in [2.24, 2.45) is 0 Å². The molecule has 8 heteroatoms. The van der Waals surface area contributed by atoms with E-state index >= 15 is 0 Å². The zero-order valence-electron chi connectivity index (χ0n) is 17.9. The summed E-state index contributed by atoms with van der Waals surface area (Å²) in [4.78, 5) is 37.5. The Morgan fingerprint density at radius 1 is 1.14 bits per heavy atom. The highest BCUT2D eigenvalue weighted by Crippen LogP contribution is 2.07. The second-order valence-electron chi connectivity index (χ2n) is 7.45. The molecule has 0 aliphatic carbocycles. The molecule has 1 aromatic rings. The summed E-state index contributed by atoms with van der Waals surface area (Å²) in [5.41, 5.74) is 1.11. The predicted molar refractivity (Wildman–Crippen MR) is 112 cm³/mol. The number of nitrogens with zero attached hydrogens (tertiary/aromatic N) is 4. The highest BCUT2D eigenvalue weighted by molar-refractivity contribution is 5.92. The van der Waals surface area contributed by atoms with Gasteiger partial charge in [-0.2, -0.15) is 0 Å². The van der Waals surface area contributed by atoms with E-state index in [1.165, 1.54) is 6.20 Å². The molecule has 162 valence electrons. The molecule has 2 amide bonds. The van der Waals surface area contributed by atoms with Gasteiger partial charge in [-0.15, -0.1) is 0 Å². The lowest BCUT2D eigenvalue weighted by atomic mass is 10.2. The molecule has 0 aromatic carbocycles. The maximum atomic E-state index is 12.8. The van der Waals surface area contributed by atoms with E-state index < -0.39 is 0 Å². The van der Waals surface area contributed by atoms with Crippen LogP contribution in [0.25, 0.3) is 0 Å². The lowest BCUT2D eigenvalue weighted by molar-refractivity contribution is -0.121. The average Bonchev–Trinajstić information content (AvgIpc) is 2.74. The van der Waals surface area contributed by atoms with Crippen molar-refractivity contribution in [3.05, 3.63) is 23.8 Å². The fourth-order valence-electron chi connectivity index (χ4n) is 3.21. The molecule has 0 unspecified atom stereocenters. The summed E-state index contributed by atoms with van der Waals surface area (Å²) in [6.07, 6.45) is 7.70. The number of carbonyl (C=O) groups is 2. The van der Waals surface area contributed by atoms with Crippen LogP contribution in [-0.4, -0.2) is 84.1 Å². The first-order chi connectivity index (χ1) is 14.1. The average molecular weight is 406 g/mol. The van der Waals surface area contributed by atoms with E-state index in [9.17, 15) is 9.59 Å². The highest BCUT2D eigenvalue weighted by atomic mass is 16.5. The number of carbonyl (C=O) groups excluding carboxylic acids is 2. The molecule has 0 atom stereocenters. The Labute approximate surface area is 174 Å². The summed E-state index contributed by atoms with van der Waals surface area (Å²) in [6.45, 7) is 9.80. The predicted octanol–water partition coefficient (Wildman–Crippen LogP) is 1.65. The summed E-state index contributed by atoms with van der Waals surface area (Å²) in [6, 6.07) is 0. The van der Waals surface area contributed by atoms with E-state index in [0.29, 0.717) is 31.7 Å². The molecule has 29 heavy (non-hydrogen) atoms. The quantitative estimate of drug-likeness (QED) is 0.532. The summed E-state index contributed by atoms with van der Waals surface area (Å²) < 4.78 is 5.33. The Morgan fingerprint density at radius 2 is 1.93 bits per heavy atom. The van der Waals surface area contributed by atoms with Gasteiger partial charge in [-0.25, -0.2) is 4.98 Å². The highest BCUT2D eigenvalue weighted by Gasteiger charge is 2.18. The minimum Gasteiger partial charge on any atom is -0.379 e. The summed E-state index contributed by atoms with van der Waals surface area (Å²) in [7, 11) is 0. The largest absolute Gasteiger partial charge is 0.379 e. The first-order valence-corrected chi connectivity index (χ1v) is 10.7. The van der Waals surface area contributed by atoms with Gasteiger partial charge in [-0.05, 0) is 13.3 Å². The molecule has 1 saturated heterocycles. The van der Waals surface area contributed by atoms with Crippen molar-refractivity contribution in [1.29, 1.82) is 0 Å². The molecule has 2 rings (SSSR count). The van der Waals surface area contributed by atoms with Crippen LogP contribution in [0.3, 0.4) is 0 Å². The van der Waals surface area contributed by atoms with Crippen molar-refractivity contribution < 1.29 is 14.3 Å². The van der Waals surface area contributed by atoms with Crippen molar-refractivity contribution in [2.45, 2.75) is 46.0 Å². The fraction of sp³-hybridized carbons (Fsp3) is 0.714. The van der Waals surface area contributed by atoms with Gasteiger partial charge in [0.25, 0.3) is 5.91 Å². The van der Waals surface area contributed by atoms with E-state index in [0.717, 1.165) is 64.2 Å². The van der Waals surface area contributed by atoms with Gasteiger partial charge in [0.1, 0.15) is 5.69 Å². The molecule has 1 fully saturated rings. The smallest absolute Gasteiger partial charge is 0.274 e. The van der Waals surface area contributed by atoms with Gasteiger partial charge < -0.3 is 15.0 Å². The van der Waals surface area contributed by atoms with Crippen LogP contribution >= 0.6 is 0 Å². The number of ether oxygens (including phenoxy) is 1. The number of hydrogen-bond donors (Lipinski definition) is 1. The number of rotatable bonds is 12. The van der Waals surface area contributed by atoms with Crippen molar-refractivity contribution in [1.82, 2.24) is 25.1 Å². The molecular formula is C21H35N5O3. The molecule has 1 N–H and O–H groups in total. The van der Waals surface area contributed by atoms with E-state index in [-0.39, 0.29) is 11.8 Å². The third-order valence-electron chi connectivity index (χ3n) is 5.03. The molecule has 8 nitrogen and oxygen atoms in total. The molecule has 1 aliphatic rings. The fourth-order valence-corrected chi connectivity index (χ4v) is 3.21. The Morgan fingerprint density at radius 3 is 2.62 bits per heavy atom.